The van der Waals surface area contributed by atoms with E-state index in [1.807, 2.05) is 34.6 Å². The van der Waals surface area contributed by atoms with Gasteiger partial charge in [-0.25, -0.2) is 9.59 Å². The fraction of sp³-hybridized carbons (Fsp3) is 0.655. The predicted molar refractivity (Wildman–Crippen MR) is 147 cm³/mol. The van der Waals surface area contributed by atoms with Gasteiger partial charge in [-0.15, -0.1) is 0 Å². The smallest absolute Gasteiger partial charge is 0.461 e. The predicted octanol–water partition coefficient (Wildman–Crippen LogP) is 5.34. The molecule has 11 nitrogen and oxygen atoms in total. The average molecular weight is 568 g/mol. The van der Waals surface area contributed by atoms with Gasteiger partial charge in [-0.05, 0) is 62.1 Å². The first-order chi connectivity index (χ1) is 18.9. The van der Waals surface area contributed by atoms with Gasteiger partial charge in [0, 0.05) is 6.42 Å². The minimum Gasteiger partial charge on any atom is -0.461 e. The monoisotopic (exact) mass is 567 g/mol. The van der Waals surface area contributed by atoms with Crippen molar-refractivity contribution in [3.8, 4) is 11.5 Å². The van der Waals surface area contributed by atoms with Crippen molar-refractivity contribution >= 4 is 24.2 Å². The van der Waals surface area contributed by atoms with E-state index in [4.69, 9.17) is 34.2 Å². The first-order valence-electron chi connectivity index (χ1n) is 13.8. The molecule has 0 aliphatic carbocycles. The summed E-state index contributed by atoms with van der Waals surface area (Å²) in [5.74, 6) is -0.536. The van der Waals surface area contributed by atoms with Crippen molar-refractivity contribution in [3.63, 3.8) is 0 Å². The van der Waals surface area contributed by atoms with Crippen molar-refractivity contribution in [3.05, 3.63) is 23.8 Å². The van der Waals surface area contributed by atoms with Gasteiger partial charge >= 0.3 is 24.2 Å². The van der Waals surface area contributed by atoms with Crippen LogP contribution in [-0.2, 0) is 35.0 Å². The van der Waals surface area contributed by atoms with Gasteiger partial charge in [-0.2, -0.15) is 0 Å². The zero-order valence-electron chi connectivity index (χ0n) is 24.6. The van der Waals surface area contributed by atoms with Gasteiger partial charge in [-0.3, -0.25) is 9.59 Å². The highest BCUT2D eigenvalue weighted by molar-refractivity contribution is 5.76. The Kier molecular flexibility index (Phi) is 16.4. The van der Waals surface area contributed by atoms with E-state index in [0.29, 0.717) is 36.7 Å². The van der Waals surface area contributed by atoms with Crippen LogP contribution < -0.4 is 15.2 Å². The summed E-state index contributed by atoms with van der Waals surface area (Å²) in [4.78, 5) is 48.6. The molecule has 0 aromatic heterocycles. The number of ether oxygens (including phenoxy) is 6. The molecule has 0 saturated carbocycles. The SMILES string of the molecule is CCCCC(=O)O[C@@H](C)COC(=O)[C@@H](N)Cc1ccc(OC(=O)OCCC(C)C)c(OC(=O)OCCC(C)C)c1. The minimum absolute atomic E-state index is 0.0291. The maximum Gasteiger partial charge on any atom is 0.513 e. The Hall–Kier alpha value is -3.34. The second-order valence-corrected chi connectivity index (χ2v) is 10.4. The van der Waals surface area contributed by atoms with Gasteiger partial charge in [0.25, 0.3) is 0 Å². The summed E-state index contributed by atoms with van der Waals surface area (Å²) in [7, 11) is 0. The molecular weight excluding hydrogens is 522 g/mol. The molecule has 0 saturated heterocycles. The van der Waals surface area contributed by atoms with Crippen LogP contribution in [0.15, 0.2) is 18.2 Å². The van der Waals surface area contributed by atoms with Crippen LogP contribution in [0, 0.1) is 11.8 Å². The normalized spacial score (nSPS) is 12.4. The Balaban J connectivity index is 2.83. The molecule has 11 heteroatoms. The number of carbonyl (C=O) groups excluding carboxylic acids is 4. The molecule has 2 atom stereocenters. The van der Waals surface area contributed by atoms with Crippen molar-refractivity contribution in [2.75, 3.05) is 19.8 Å². The highest BCUT2D eigenvalue weighted by Gasteiger charge is 2.21. The molecule has 40 heavy (non-hydrogen) atoms. The topological polar surface area (TPSA) is 150 Å². The highest BCUT2D eigenvalue weighted by atomic mass is 16.7. The first kappa shape index (κ1) is 34.7. The average Bonchev–Trinajstić information content (AvgIpc) is 2.87. The number of nitrogens with two attached hydrogens (primary N) is 1. The molecule has 0 aliphatic heterocycles. The molecular formula is C29H45NO10. The molecule has 0 spiro atoms. The van der Waals surface area contributed by atoms with Gasteiger partial charge in [0.1, 0.15) is 18.8 Å². The molecule has 1 aromatic carbocycles. The third-order valence-electron chi connectivity index (χ3n) is 5.51. The molecule has 0 heterocycles. The lowest BCUT2D eigenvalue weighted by atomic mass is 10.1. The lowest BCUT2D eigenvalue weighted by Crippen LogP contribution is -2.36. The lowest BCUT2D eigenvalue weighted by molar-refractivity contribution is -0.158. The van der Waals surface area contributed by atoms with Crippen molar-refractivity contribution in [2.24, 2.45) is 17.6 Å². The first-order valence-corrected chi connectivity index (χ1v) is 13.8. The Morgan fingerprint density at radius 2 is 1.40 bits per heavy atom. The standard InChI is InChI=1S/C29H45NO10/c1-7-8-9-26(31)38-21(6)18-37-27(32)23(30)16-22-10-11-24(39-28(33)35-14-12-19(2)3)25(17-22)40-29(34)36-15-13-20(4)5/h10-11,17,19-21,23H,7-9,12-16,18,30H2,1-6H3/t21-,23-/m0/s1. The van der Waals surface area contributed by atoms with E-state index in [9.17, 15) is 19.2 Å². The number of esters is 2. The summed E-state index contributed by atoms with van der Waals surface area (Å²) in [6.07, 6.45) is 0.704. The van der Waals surface area contributed by atoms with Crippen LogP contribution in [0.25, 0.3) is 0 Å². The number of unbranched alkanes of at least 4 members (excludes halogenated alkanes) is 1. The second kappa shape index (κ2) is 18.9. The fourth-order valence-electron chi connectivity index (χ4n) is 3.12. The Labute approximate surface area is 236 Å². The Bertz CT molecular complexity index is 947. The number of rotatable bonds is 17. The largest absolute Gasteiger partial charge is 0.513 e. The van der Waals surface area contributed by atoms with Gasteiger partial charge in [0.15, 0.2) is 11.5 Å². The third kappa shape index (κ3) is 15.3. The fourth-order valence-corrected chi connectivity index (χ4v) is 3.12. The van der Waals surface area contributed by atoms with Crippen LogP contribution in [0.4, 0.5) is 9.59 Å². The number of hydrogen-bond donors (Lipinski definition) is 1. The van der Waals surface area contributed by atoms with Crippen LogP contribution in [0.2, 0.25) is 0 Å². The van der Waals surface area contributed by atoms with Crippen LogP contribution in [0.5, 0.6) is 11.5 Å². The van der Waals surface area contributed by atoms with Crippen molar-refractivity contribution in [2.45, 2.75) is 92.2 Å². The molecule has 0 fully saturated rings. The number of hydrogen-bond acceptors (Lipinski definition) is 11. The Morgan fingerprint density at radius 3 is 1.95 bits per heavy atom. The van der Waals surface area contributed by atoms with Gasteiger partial charge in [0.2, 0.25) is 0 Å². The third-order valence-corrected chi connectivity index (χ3v) is 5.51. The number of carbonyl (C=O) groups is 4. The second-order valence-electron chi connectivity index (χ2n) is 10.4. The van der Waals surface area contributed by atoms with Gasteiger partial charge < -0.3 is 34.2 Å². The summed E-state index contributed by atoms with van der Waals surface area (Å²) in [6.45, 7) is 11.8. The van der Waals surface area contributed by atoms with E-state index >= 15 is 0 Å². The summed E-state index contributed by atoms with van der Waals surface area (Å²) in [5.41, 5.74) is 6.53. The van der Waals surface area contributed by atoms with Crippen molar-refractivity contribution < 1.29 is 47.6 Å². The molecule has 1 rings (SSSR count). The molecule has 1 aromatic rings. The highest BCUT2D eigenvalue weighted by Crippen LogP contribution is 2.30. The van der Waals surface area contributed by atoms with E-state index in [0.717, 1.165) is 12.8 Å². The van der Waals surface area contributed by atoms with Crippen molar-refractivity contribution in [1.29, 1.82) is 0 Å². The summed E-state index contributed by atoms with van der Waals surface area (Å²) in [5, 5.41) is 0. The van der Waals surface area contributed by atoms with Crippen LogP contribution in [0.3, 0.4) is 0 Å². The molecule has 0 bridgehead atoms. The maximum absolute atomic E-state index is 12.4. The van der Waals surface area contributed by atoms with Crippen LogP contribution >= 0.6 is 0 Å². The molecule has 0 radical (unpaired) electrons. The summed E-state index contributed by atoms with van der Waals surface area (Å²) >= 11 is 0. The van der Waals surface area contributed by atoms with Gasteiger partial charge in [-0.1, -0.05) is 47.1 Å². The lowest BCUT2D eigenvalue weighted by Gasteiger charge is -2.17. The molecule has 0 amide bonds. The molecule has 226 valence electrons. The van der Waals surface area contributed by atoms with E-state index < -0.39 is 30.4 Å². The molecule has 0 unspecified atom stereocenters. The zero-order valence-corrected chi connectivity index (χ0v) is 24.6. The molecule has 0 aliphatic rings. The van der Waals surface area contributed by atoms with Gasteiger partial charge in [0.05, 0.1) is 13.2 Å². The van der Waals surface area contributed by atoms with E-state index in [-0.39, 0.29) is 43.7 Å². The summed E-state index contributed by atoms with van der Waals surface area (Å²) in [6, 6.07) is 3.35. The van der Waals surface area contributed by atoms with Crippen LogP contribution in [-0.4, -0.2) is 56.2 Å². The maximum atomic E-state index is 12.4. The summed E-state index contributed by atoms with van der Waals surface area (Å²) < 4.78 is 31.1. The quantitative estimate of drug-likeness (QED) is 0.147. The zero-order chi connectivity index (χ0) is 30.1. The van der Waals surface area contributed by atoms with Crippen LogP contribution in [0.1, 0.15) is 79.2 Å². The number of benzene rings is 1. The van der Waals surface area contributed by atoms with E-state index in [2.05, 4.69) is 0 Å². The van der Waals surface area contributed by atoms with Crippen molar-refractivity contribution in [1.82, 2.24) is 0 Å². The van der Waals surface area contributed by atoms with E-state index in [1.54, 1.807) is 13.0 Å². The Morgan fingerprint density at radius 1 is 0.825 bits per heavy atom. The molecule has 2 N–H and O–H groups in total. The van der Waals surface area contributed by atoms with E-state index in [1.165, 1.54) is 12.1 Å². The minimum atomic E-state index is -1.05.